The molecule has 0 bridgehead atoms. The van der Waals surface area contributed by atoms with E-state index in [1.165, 1.54) is 24.3 Å². The van der Waals surface area contributed by atoms with Crippen LogP contribution in [0.4, 0.5) is 5.69 Å². The molecule has 0 saturated heterocycles. The molecule has 0 saturated carbocycles. The van der Waals surface area contributed by atoms with Crippen LogP contribution in [0.2, 0.25) is 0 Å². The van der Waals surface area contributed by atoms with Gasteiger partial charge in [-0.3, -0.25) is 14.9 Å². The summed E-state index contributed by atoms with van der Waals surface area (Å²) in [4.78, 5) is 23.7. The molecule has 0 fully saturated rings. The number of hydrogen-bond acceptors (Lipinski definition) is 5. The van der Waals surface area contributed by atoms with Gasteiger partial charge in [-0.1, -0.05) is 12.1 Å². The summed E-state index contributed by atoms with van der Waals surface area (Å²) in [6.45, 7) is 0.290. The Labute approximate surface area is 139 Å². The fraction of sp³-hybridized carbons (Fsp3) is 0.235. The average molecular weight is 330 g/mol. The summed E-state index contributed by atoms with van der Waals surface area (Å²) in [6.07, 6.45) is 0. The van der Waals surface area contributed by atoms with Crippen LogP contribution in [0.25, 0.3) is 0 Å². The number of nitrogens with zero attached hydrogens (tertiary/aromatic N) is 2. The lowest BCUT2D eigenvalue weighted by Crippen LogP contribution is -2.30. The topological polar surface area (TPSA) is 81.9 Å². The van der Waals surface area contributed by atoms with Gasteiger partial charge in [-0.2, -0.15) is 0 Å². The summed E-state index contributed by atoms with van der Waals surface area (Å²) >= 11 is 0. The van der Waals surface area contributed by atoms with Crippen LogP contribution in [0.3, 0.4) is 0 Å². The Morgan fingerprint density at radius 2 is 1.88 bits per heavy atom. The molecule has 0 atom stereocenters. The largest absolute Gasteiger partial charge is 0.497 e. The van der Waals surface area contributed by atoms with Crippen LogP contribution in [-0.2, 0) is 11.3 Å². The van der Waals surface area contributed by atoms with Crippen molar-refractivity contribution in [2.45, 2.75) is 6.54 Å². The van der Waals surface area contributed by atoms with Crippen LogP contribution in [-0.4, -0.2) is 36.5 Å². The number of methoxy groups -OCH3 is 1. The highest BCUT2D eigenvalue weighted by Gasteiger charge is 2.11. The summed E-state index contributed by atoms with van der Waals surface area (Å²) < 4.78 is 10.5. The highest BCUT2D eigenvalue weighted by atomic mass is 16.6. The molecule has 0 radical (unpaired) electrons. The summed E-state index contributed by atoms with van der Waals surface area (Å²) in [7, 11) is 3.27. The van der Waals surface area contributed by atoms with Gasteiger partial charge in [0.05, 0.1) is 12.0 Å². The average Bonchev–Trinajstić information content (AvgIpc) is 2.60. The Hall–Kier alpha value is -3.09. The van der Waals surface area contributed by atoms with E-state index in [-0.39, 0.29) is 18.2 Å². The first-order chi connectivity index (χ1) is 11.5. The first-order valence-corrected chi connectivity index (χ1v) is 7.23. The number of non-ortho nitro benzene ring substituents is 1. The fourth-order valence-corrected chi connectivity index (χ4v) is 2.05. The normalized spacial score (nSPS) is 10.1. The smallest absolute Gasteiger partial charge is 0.269 e. The number of nitro groups is 1. The van der Waals surface area contributed by atoms with Gasteiger partial charge in [-0.05, 0) is 29.8 Å². The van der Waals surface area contributed by atoms with Gasteiger partial charge in [0.1, 0.15) is 11.5 Å². The molecule has 0 aromatic heterocycles. The van der Waals surface area contributed by atoms with Gasteiger partial charge in [0.25, 0.3) is 11.6 Å². The van der Waals surface area contributed by atoms with E-state index in [1.54, 1.807) is 19.1 Å². The quantitative estimate of drug-likeness (QED) is 0.576. The summed E-state index contributed by atoms with van der Waals surface area (Å²) in [5, 5.41) is 10.6. The van der Waals surface area contributed by atoms with Crippen molar-refractivity contribution in [3.8, 4) is 11.5 Å². The number of likely N-dealkylation sites (N-methyl/N-ethyl adjacent to an activating group) is 1. The van der Waals surface area contributed by atoms with Gasteiger partial charge in [0, 0.05) is 25.7 Å². The van der Waals surface area contributed by atoms with Crippen LogP contribution in [0, 0.1) is 10.1 Å². The maximum Gasteiger partial charge on any atom is 0.269 e. The van der Waals surface area contributed by atoms with E-state index < -0.39 is 4.92 Å². The number of nitro benzene ring substituents is 1. The molecule has 0 N–H and O–H groups in total. The molecule has 0 spiro atoms. The van der Waals surface area contributed by atoms with Gasteiger partial charge >= 0.3 is 0 Å². The number of rotatable bonds is 7. The molecule has 0 aliphatic carbocycles. The highest BCUT2D eigenvalue weighted by molar-refractivity contribution is 5.77. The van der Waals surface area contributed by atoms with Crippen molar-refractivity contribution in [1.29, 1.82) is 0 Å². The van der Waals surface area contributed by atoms with Crippen LogP contribution < -0.4 is 9.47 Å². The van der Waals surface area contributed by atoms with Crippen LogP contribution in [0.5, 0.6) is 11.5 Å². The number of hydrogen-bond donors (Lipinski definition) is 0. The molecular weight excluding hydrogens is 312 g/mol. The van der Waals surface area contributed by atoms with E-state index in [2.05, 4.69) is 0 Å². The van der Waals surface area contributed by atoms with Crippen molar-refractivity contribution < 1.29 is 19.2 Å². The van der Waals surface area contributed by atoms with E-state index in [4.69, 9.17) is 9.47 Å². The SMILES string of the molecule is COc1cccc(CN(C)C(=O)COc2ccc([N+](=O)[O-])cc2)c1. The minimum absolute atomic E-state index is 0.0242. The number of carbonyl (C=O) groups excluding carboxylic acids is 1. The van der Waals surface area contributed by atoms with Crippen LogP contribution >= 0.6 is 0 Å². The lowest BCUT2D eigenvalue weighted by atomic mass is 10.2. The van der Waals surface area contributed by atoms with Gasteiger partial charge < -0.3 is 14.4 Å². The molecule has 0 unspecified atom stereocenters. The minimum Gasteiger partial charge on any atom is -0.497 e. The molecule has 24 heavy (non-hydrogen) atoms. The molecule has 0 aliphatic rings. The molecule has 0 heterocycles. The molecule has 7 nitrogen and oxygen atoms in total. The van der Waals surface area contributed by atoms with E-state index in [0.717, 1.165) is 11.3 Å². The molecule has 2 aromatic carbocycles. The third-order valence-corrected chi connectivity index (χ3v) is 3.39. The first-order valence-electron chi connectivity index (χ1n) is 7.23. The molecule has 2 rings (SSSR count). The van der Waals surface area contributed by atoms with E-state index in [1.807, 2.05) is 24.3 Å². The molecule has 2 aromatic rings. The second kappa shape index (κ2) is 7.96. The Balaban J connectivity index is 1.88. The van der Waals surface area contributed by atoms with Gasteiger partial charge in [-0.15, -0.1) is 0 Å². The standard InChI is InChI=1S/C17H18N2O5/c1-18(11-13-4-3-5-16(10-13)23-2)17(20)12-24-15-8-6-14(7-9-15)19(21)22/h3-10H,11-12H2,1-2H3. The number of ether oxygens (including phenoxy) is 2. The fourth-order valence-electron chi connectivity index (χ4n) is 2.05. The van der Waals surface area contributed by atoms with Gasteiger partial charge in [0.15, 0.2) is 6.61 Å². The van der Waals surface area contributed by atoms with Crippen molar-refractivity contribution in [1.82, 2.24) is 4.90 Å². The van der Waals surface area contributed by atoms with Crippen LogP contribution in [0.1, 0.15) is 5.56 Å². The minimum atomic E-state index is -0.489. The molecule has 0 aliphatic heterocycles. The Kier molecular flexibility index (Phi) is 5.73. The van der Waals surface area contributed by atoms with E-state index >= 15 is 0 Å². The summed E-state index contributed by atoms with van der Waals surface area (Å²) in [5.41, 5.74) is 0.921. The number of benzene rings is 2. The second-order valence-corrected chi connectivity index (χ2v) is 5.14. The third kappa shape index (κ3) is 4.70. The number of carbonyl (C=O) groups is 1. The molecule has 126 valence electrons. The zero-order valence-electron chi connectivity index (χ0n) is 13.5. The predicted molar refractivity (Wildman–Crippen MR) is 88.1 cm³/mol. The Bertz CT molecular complexity index is 715. The van der Waals surface area contributed by atoms with Crippen LogP contribution in [0.15, 0.2) is 48.5 Å². The molecular formula is C17H18N2O5. The van der Waals surface area contributed by atoms with Crippen molar-refractivity contribution in [3.05, 3.63) is 64.2 Å². The maximum atomic E-state index is 12.1. The lowest BCUT2D eigenvalue weighted by molar-refractivity contribution is -0.384. The summed E-state index contributed by atoms with van der Waals surface area (Å²) in [5.74, 6) is 0.940. The van der Waals surface area contributed by atoms with Crippen molar-refractivity contribution in [2.75, 3.05) is 20.8 Å². The maximum absolute atomic E-state index is 12.1. The number of amides is 1. The molecule has 1 amide bonds. The Morgan fingerprint density at radius 1 is 1.17 bits per heavy atom. The predicted octanol–water partition coefficient (Wildman–Crippen LogP) is 2.64. The summed E-state index contributed by atoms with van der Waals surface area (Å²) in [6, 6.07) is 13.1. The van der Waals surface area contributed by atoms with E-state index in [9.17, 15) is 14.9 Å². The van der Waals surface area contributed by atoms with Crippen molar-refractivity contribution in [2.24, 2.45) is 0 Å². The third-order valence-electron chi connectivity index (χ3n) is 3.39. The van der Waals surface area contributed by atoms with E-state index in [0.29, 0.717) is 12.3 Å². The monoisotopic (exact) mass is 330 g/mol. The van der Waals surface area contributed by atoms with Crippen molar-refractivity contribution in [3.63, 3.8) is 0 Å². The zero-order chi connectivity index (χ0) is 17.5. The highest BCUT2D eigenvalue weighted by Crippen LogP contribution is 2.17. The molecule has 7 heteroatoms. The first kappa shape index (κ1) is 17.3. The lowest BCUT2D eigenvalue weighted by Gasteiger charge is -2.18. The van der Waals surface area contributed by atoms with Gasteiger partial charge in [-0.25, -0.2) is 0 Å². The van der Waals surface area contributed by atoms with Gasteiger partial charge in [0.2, 0.25) is 0 Å². The van der Waals surface area contributed by atoms with Crippen molar-refractivity contribution >= 4 is 11.6 Å². The zero-order valence-corrected chi connectivity index (χ0v) is 13.5. The Morgan fingerprint density at radius 3 is 2.50 bits per heavy atom. The second-order valence-electron chi connectivity index (χ2n) is 5.14.